The molecule has 6 heteroatoms. The van der Waals surface area contributed by atoms with Gasteiger partial charge in [0.1, 0.15) is 29.2 Å². The third kappa shape index (κ3) is 5.41. The first-order chi connectivity index (χ1) is 17.0. The summed E-state index contributed by atoms with van der Waals surface area (Å²) in [4.78, 5) is 13.4. The topological polar surface area (TPSA) is 78.8 Å². The minimum Gasteiger partial charge on any atom is -0.489 e. The summed E-state index contributed by atoms with van der Waals surface area (Å²) in [6.45, 7) is 4.67. The number of hydrogen-bond acceptors (Lipinski definition) is 5. The van der Waals surface area contributed by atoms with Gasteiger partial charge < -0.3 is 4.74 Å². The summed E-state index contributed by atoms with van der Waals surface area (Å²) >= 11 is 1.14. The van der Waals surface area contributed by atoms with Gasteiger partial charge >= 0.3 is 0 Å². The van der Waals surface area contributed by atoms with Gasteiger partial charge in [-0.2, -0.15) is 10.5 Å². The fraction of sp³-hybridized carbons (Fsp3) is 0.138. The van der Waals surface area contributed by atoms with Crippen LogP contribution in [0.25, 0.3) is 17.3 Å². The second-order valence-electron chi connectivity index (χ2n) is 8.24. The Hall–Kier alpha value is -4.39. The highest BCUT2D eigenvalue weighted by atomic mass is 32.1. The molecule has 3 aromatic carbocycles. The first-order valence-electron chi connectivity index (χ1n) is 11.2. The summed E-state index contributed by atoms with van der Waals surface area (Å²) in [6, 6.07) is 28.8. The molecule has 1 aromatic heterocycles. The van der Waals surface area contributed by atoms with Crippen molar-refractivity contribution in [2.75, 3.05) is 0 Å². The van der Waals surface area contributed by atoms with Crippen LogP contribution >= 0.6 is 11.3 Å². The van der Waals surface area contributed by atoms with Crippen LogP contribution in [0.3, 0.4) is 0 Å². The first-order valence-corrected chi connectivity index (χ1v) is 12.0. The van der Waals surface area contributed by atoms with E-state index in [4.69, 9.17) is 4.74 Å². The second-order valence-corrected chi connectivity index (χ2v) is 9.28. The molecule has 4 rings (SSSR count). The van der Waals surface area contributed by atoms with Crippen LogP contribution in [0.4, 0.5) is 0 Å². The molecular weight excluding hydrogens is 454 g/mol. The maximum absolute atomic E-state index is 13.4. The van der Waals surface area contributed by atoms with E-state index in [2.05, 4.69) is 13.8 Å². The van der Waals surface area contributed by atoms with Crippen LogP contribution in [-0.2, 0) is 6.61 Å². The molecule has 5 nitrogen and oxygen atoms in total. The number of nitriles is 2. The fourth-order valence-corrected chi connectivity index (χ4v) is 4.62. The molecule has 0 bridgehead atoms. The Balaban J connectivity index is 1.71. The number of thiazole rings is 1. The smallest absolute Gasteiger partial charge is 0.273 e. The van der Waals surface area contributed by atoms with Crippen molar-refractivity contribution >= 4 is 23.0 Å². The third-order valence-corrected chi connectivity index (χ3v) is 6.60. The van der Waals surface area contributed by atoms with Crippen LogP contribution in [-0.4, -0.2) is 4.57 Å². The molecule has 35 heavy (non-hydrogen) atoms. The van der Waals surface area contributed by atoms with Crippen molar-refractivity contribution in [3.8, 4) is 23.6 Å². The van der Waals surface area contributed by atoms with Crippen LogP contribution in [0.1, 0.15) is 36.5 Å². The van der Waals surface area contributed by atoms with Crippen molar-refractivity contribution in [1.82, 2.24) is 4.57 Å². The van der Waals surface area contributed by atoms with Gasteiger partial charge in [-0.15, -0.1) is 11.3 Å². The summed E-state index contributed by atoms with van der Waals surface area (Å²) < 4.78 is 8.04. The maximum Gasteiger partial charge on any atom is 0.273 e. The minimum atomic E-state index is -0.269. The lowest BCUT2D eigenvalue weighted by molar-refractivity contribution is 0.306. The Labute approximate surface area is 207 Å². The second kappa shape index (κ2) is 10.7. The van der Waals surface area contributed by atoms with Crippen molar-refractivity contribution in [1.29, 1.82) is 10.5 Å². The number of ether oxygens (including phenoxy) is 1. The molecule has 0 aliphatic rings. The molecule has 0 unspecified atom stereocenters. The van der Waals surface area contributed by atoms with Crippen LogP contribution in [0.5, 0.6) is 5.75 Å². The fourth-order valence-electron chi connectivity index (χ4n) is 3.57. The van der Waals surface area contributed by atoms with E-state index < -0.39 is 0 Å². The van der Waals surface area contributed by atoms with Gasteiger partial charge in [-0.05, 0) is 52.9 Å². The minimum absolute atomic E-state index is 0.0932. The molecule has 0 aliphatic heterocycles. The van der Waals surface area contributed by atoms with Crippen molar-refractivity contribution in [2.45, 2.75) is 26.4 Å². The van der Waals surface area contributed by atoms with Crippen molar-refractivity contribution < 1.29 is 4.74 Å². The van der Waals surface area contributed by atoms with E-state index in [-0.39, 0.29) is 11.1 Å². The first kappa shape index (κ1) is 23.8. The van der Waals surface area contributed by atoms with Gasteiger partial charge in [0.05, 0.1) is 10.2 Å². The van der Waals surface area contributed by atoms with Crippen LogP contribution in [0.2, 0.25) is 0 Å². The van der Waals surface area contributed by atoms with Gasteiger partial charge in [0, 0.05) is 0 Å². The van der Waals surface area contributed by atoms with E-state index in [1.165, 1.54) is 4.57 Å². The molecule has 0 amide bonds. The SMILES string of the molecule is CC(C)c1ccc(-n2c(=C(C#N)C#N)sc(=Cc3ccc(OCc4ccccc4)cc3)c2=O)cc1. The summed E-state index contributed by atoms with van der Waals surface area (Å²) in [5.41, 5.74) is 3.31. The van der Waals surface area contributed by atoms with Crippen molar-refractivity contribution in [3.63, 3.8) is 0 Å². The van der Waals surface area contributed by atoms with Crippen molar-refractivity contribution in [2.24, 2.45) is 0 Å². The molecule has 0 radical (unpaired) electrons. The number of nitrogens with zero attached hydrogens (tertiary/aromatic N) is 3. The maximum atomic E-state index is 13.4. The van der Waals surface area contributed by atoms with Gasteiger partial charge in [0.2, 0.25) is 0 Å². The lowest BCUT2D eigenvalue weighted by Gasteiger charge is -2.07. The Morgan fingerprint density at radius 3 is 2.23 bits per heavy atom. The molecule has 0 aliphatic carbocycles. The largest absolute Gasteiger partial charge is 0.489 e. The highest BCUT2D eigenvalue weighted by molar-refractivity contribution is 7.07. The number of rotatable bonds is 6. The van der Waals surface area contributed by atoms with E-state index in [1.54, 1.807) is 6.08 Å². The Bertz CT molecular complexity index is 1570. The van der Waals surface area contributed by atoms with E-state index in [0.29, 0.717) is 27.4 Å². The number of hydrogen-bond donors (Lipinski definition) is 0. The predicted octanol–water partition coefficient (Wildman–Crippen LogP) is 4.63. The monoisotopic (exact) mass is 477 g/mol. The van der Waals surface area contributed by atoms with Gasteiger partial charge in [0.15, 0.2) is 5.57 Å². The van der Waals surface area contributed by atoms with E-state index in [0.717, 1.165) is 33.8 Å². The van der Waals surface area contributed by atoms with Crippen LogP contribution in [0.15, 0.2) is 83.7 Å². The Morgan fingerprint density at radius 2 is 1.63 bits per heavy atom. The summed E-state index contributed by atoms with van der Waals surface area (Å²) in [5, 5.41) is 19.0. The highest BCUT2D eigenvalue weighted by Crippen LogP contribution is 2.16. The third-order valence-electron chi connectivity index (χ3n) is 5.51. The molecule has 0 saturated heterocycles. The molecule has 4 aromatic rings. The lowest BCUT2D eigenvalue weighted by atomic mass is 10.0. The zero-order valence-electron chi connectivity index (χ0n) is 19.4. The molecule has 0 atom stereocenters. The normalized spacial score (nSPS) is 11.2. The van der Waals surface area contributed by atoms with Gasteiger partial charge in [-0.25, -0.2) is 0 Å². The quantitative estimate of drug-likeness (QED) is 0.406. The Morgan fingerprint density at radius 1 is 0.971 bits per heavy atom. The zero-order valence-corrected chi connectivity index (χ0v) is 20.3. The van der Waals surface area contributed by atoms with Gasteiger partial charge in [-0.1, -0.05) is 68.4 Å². The van der Waals surface area contributed by atoms with Gasteiger partial charge in [-0.3, -0.25) is 9.36 Å². The standard InChI is InChI=1S/C29H23N3O2S/c1-20(2)23-10-12-25(13-11-23)32-28(33)27(35-29(32)24(17-30)18-31)16-21-8-14-26(15-9-21)34-19-22-6-4-3-5-7-22/h3-16,20H,19H2,1-2H3. The van der Waals surface area contributed by atoms with E-state index in [1.807, 2.05) is 91.0 Å². The van der Waals surface area contributed by atoms with Crippen LogP contribution in [0, 0.1) is 22.7 Å². The summed E-state index contributed by atoms with van der Waals surface area (Å²) in [6.07, 6.45) is 1.77. The number of benzene rings is 3. The summed E-state index contributed by atoms with van der Waals surface area (Å²) in [7, 11) is 0. The van der Waals surface area contributed by atoms with Crippen LogP contribution < -0.4 is 19.5 Å². The highest BCUT2D eigenvalue weighted by Gasteiger charge is 2.12. The van der Waals surface area contributed by atoms with E-state index >= 15 is 0 Å². The predicted molar refractivity (Wildman–Crippen MR) is 139 cm³/mol. The van der Waals surface area contributed by atoms with E-state index in [9.17, 15) is 15.3 Å². The summed E-state index contributed by atoms with van der Waals surface area (Å²) in [5.74, 6) is 1.08. The Kier molecular flexibility index (Phi) is 7.26. The molecule has 172 valence electrons. The van der Waals surface area contributed by atoms with Crippen molar-refractivity contribution in [3.05, 3.63) is 115 Å². The molecule has 0 saturated carbocycles. The zero-order chi connectivity index (χ0) is 24.8. The lowest BCUT2D eigenvalue weighted by Crippen LogP contribution is -2.30. The van der Waals surface area contributed by atoms with Gasteiger partial charge in [0.25, 0.3) is 5.56 Å². The molecule has 0 N–H and O–H groups in total. The number of aromatic nitrogens is 1. The molecule has 0 spiro atoms. The molecule has 1 heterocycles. The molecule has 0 fully saturated rings. The average molecular weight is 478 g/mol. The molecular formula is C29H23N3O2S. The average Bonchev–Trinajstić information content (AvgIpc) is 3.20.